The Hall–Kier alpha value is -3.26. The molecular formula is C33H51N7O5. The number of amides is 1. The van der Waals surface area contributed by atoms with E-state index in [1.54, 1.807) is 11.9 Å². The molecule has 0 fully saturated rings. The van der Waals surface area contributed by atoms with Gasteiger partial charge in [0.05, 0.1) is 18.2 Å². The first-order valence-electron chi connectivity index (χ1n) is 15.9. The van der Waals surface area contributed by atoms with E-state index in [1.165, 1.54) is 11.1 Å². The van der Waals surface area contributed by atoms with Gasteiger partial charge in [-0.25, -0.2) is 0 Å². The summed E-state index contributed by atoms with van der Waals surface area (Å²) in [6.45, 7) is 1.29. The van der Waals surface area contributed by atoms with Gasteiger partial charge >= 0.3 is 0 Å². The third kappa shape index (κ3) is 11.9. The van der Waals surface area contributed by atoms with Gasteiger partial charge in [0.25, 0.3) is 0 Å². The Morgan fingerprint density at radius 3 is 2.09 bits per heavy atom. The molecule has 0 radical (unpaired) electrons. The standard InChI is InChI=1S/C33H51N7O5/c1-39(23-30(43)32(45)29(42)19-22-41)21-6-4-8-28(33-35-37-38-36-33)40(2)31(44)18-13-25-11-16-27(17-12-25)26-14-9-24(10-15-26)7-3-5-20-34/h9-12,14-17,28-30,32,41-43,45H,3-8,13,18-23,34H2,1-2H3,(H,35,36,37,38)/t28-,29?,30?,32?/m0/s1. The lowest BCUT2D eigenvalue weighted by atomic mass is 9.99. The van der Waals surface area contributed by atoms with Crippen LogP contribution in [0.5, 0.6) is 0 Å². The fraction of sp³-hybridized carbons (Fsp3) is 0.576. The van der Waals surface area contributed by atoms with Crippen LogP contribution in [-0.4, -0.2) is 115 Å². The second-order valence-electron chi connectivity index (χ2n) is 11.8. The second kappa shape index (κ2) is 19.3. The van der Waals surface area contributed by atoms with Gasteiger partial charge in [-0.1, -0.05) is 53.7 Å². The summed E-state index contributed by atoms with van der Waals surface area (Å²) in [7, 11) is 3.60. The first-order chi connectivity index (χ1) is 21.7. The molecule has 0 spiro atoms. The number of aryl methyl sites for hydroxylation is 2. The number of aromatic nitrogens is 4. The number of nitrogens with two attached hydrogens (primary N) is 1. The number of hydrogen-bond donors (Lipinski definition) is 6. The molecule has 248 valence electrons. The Labute approximate surface area is 266 Å². The van der Waals surface area contributed by atoms with Gasteiger partial charge in [-0.3, -0.25) is 4.79 Å². The maximum atomic E-state index is 13.2. The van der Waals surface area contributed by atoms with Gasteiger partial charge in [-0.2, -0.15) is 5.21 Å². The summed E-state index contributed by atoms with van der Waals surface area (Å²) in [6.07, 6.45) is 2.70. The first kappa shape index (κ1) is 36.2. The van der Waals surface area contributed by atoms with E-state index in [1.807, 2.05) is 11.9 Å². The lowest BCUT2D eigenvalue weighted by Gasteiger charge is -2.27. The van der Waals surface area contributed by atoms with Crippen molar-refractivity contribution in [3.63, 3.8) is 0 Å². The second-order valence-corrected chi connectivity index (χ2v) is 11.8. The van der Waals surface area contributed by atoms with Crippen LogP contribution in [0.2, 0.25) is 0 Å². The third-order valence-electron chi connectivity index (χ3n) is 8.29. The Kier molecular flexibility index (Phi) is 15.5. The van der Waals surface area contributed by atoms with Crippen molar-refractivity contribution in [1.29, 1.82) is 0 Å². The van der Waals surface area contributed by atoms with Crippen molar-refractivity contribution in [2.45, 2.75) is 82.1 Å². The number of H-pyrrole nitrogens is 1. The van der Waals surface area contributed by atoms with Crippen molar-refractivity contribution in [1.82, 2.24) is 30.4 Å². The number of aliphatic hydroxyl groups excluding tert-OH is 4. The van der Waals surface area contributed by atoms with E-state index < -0.39 is 18.3 Å². The minimum absolute atomic E-state index is 0.00358. The fourth-order valence-electron chi connectivity index (χ4n) is 5.41. The summed E-state index contributed by atoms with van der Waals surface area (Å²) in [5.41, 5.74) is 10.3. The molecule has 3 aromatic rings. The summed E-state index contributed by atoms with van der Waals surface area (Å²) in [5, 5.41) is 53.5. The Morgan fingerprint density at radius 1 is 0.867 bits per heavy atom. The van der Waals surface area contributed by atoms with Crippen LogP contribution in [0.3, 0.4) is 0 Å². The van der Waals surface area contributed by atoms with Crippen molar-refractivity contribution >= 4 is 5.91 Å². The highest BCUT2D eigenvalue weighted by atomic mass is 16.4. The quantitative estimate of drug-likeness (QED) is 0.0955. The van der Waals surface area contributed by atoms with Crippen LogP contribution in [0.1, 0.15) is 67.9 Å². The van der Waals surface area contributed by atoms with Crippen LogP contribution in [0.4, 0.5) is 0 Å². The number of likely N-dealkylation sites (N-methyl/N-ethyl adjacent to an activating group) is 1. The number of nitrogens with one attached hydrogen (secondary N) is 1. The monoisotopic (exact) mass is 625 g/mol. The zero-order chi connectivity index (χ0) is 32.6. The Balaban J connectivity index is 1.47. The van der Waals surface area contributed by atoms with E-state index in [0.717, 1.165) is 49.8 Å². The zero-order valence-corrected chi connectivity index (χ0v) is 26.6. The van der Waals surface area contributed by atoms with Gasteiger partial charge in [0.1, 0.15) is 6.10 Å². The maximum absolute atomic E-state index is 13.2. The van der Waals surface area contributed by atoms with Gasteiger partial charge < -0.3 is 36.0 Å². The van der Waals surface area contributed by atoms with Crippen LogP contribution < -0.4 is 5.73 Å². The molecule has 0 aliphatic carbocycles. The van der Waals surface area contributed by atoms with Crippen LogP contribution >= 0.6 is 0 Å². The summed E-state index contributed by atoms with van der Waals surface area (Å²) in [5.74, 6) is 0.458. The molecule has 3 unspecified atom stereocenters. The van der Waals surface area contributed by atoms with E-state index in [-0.39, 0.29) is 31.5 Å². The van der Waals surface area contributed by atoms with Gasteiger partial charge in [-0.05, 0) is 93.8 Å². The SMILES string of the molecule is CN(CCCC[C@@H](c1nn[nH]n1)N(C)C(=O)CCc1ccc(-c2ccc(CCCCN)cc2)cc1)CC(O)C(O)C(O)CCO. The van der Waals surface area contributed by atoms with Gasteiger partial charge in [0.2, 0.25) is 5.91 Å². The number of nitrogens with zero attached hydrogens (tertiary/aromatic N) is 5. The Bertz CT molecular complexity index is 1230. The Morgan fingerprint density at radius 2 is 1.51 bits per heavy atom. The molecule has 3 rings (SSSR count). The van der Waals surface area contributed by atoms with Crippen LogP contribution in [0.25, 0.3) is 11.1 Å². The molecular weight excluding hydrogens is 574 g/mol. The van der Waals surface area contributed by atoms with Crippen LogP contribution in [-0.2, 0) is 17.6 Å². The highest BCUT2D eigenvalue weighted by molar-refractivity contribution is 5.76. The zero-order valence-electron chi connectivity index (χ0n) is 26.6. The molecule has 0 saturated heterocycles. The van der Waals surface area contributed by atoms with E-state index in [4.69, 9.17) is 10.8 Å². The van der Waals surface area contributed by atoms with E-state index >= 15 is 0 Å². The first-order valence-corrected chi connectivity index (χ1v) is 15.9. The van der Waals surface area contributed by atoms with Gasteiger partial charge in [0.15, 0.2) is 5.82 Å². The summed E-state index contributed by atoms with van der Waals surface area (Å²) >= 11 is 0. The number of hydrogen-bond acceptors (Lipinski definition) is 10. The van der Waals surface area contributed by atoms with Crippen molar-refractivity contribution in [3.8, 4) is 11.1 Å². The fourth-order valence-corrected chi connectivity index (χ4v) is 5.41. The van der Waals surface area contributed by atoms with E-state index in [0.29, 0.717) is 31.6 Å². The molecule has 0 aliphatic heterocycles. The molecule has 2 aromatic carbocycles. The molecule has 45 heavy (non-hydrogen) atoms. The molecule has 12 nitrogen and oxygen atoms in total. The number of unbranched alkanes of at least 4 members (excludes halogenated alkanes) is 2. The number of carbonyl (C=O) groups is 1. The molecule has 0 saturated carbocycles. The minimum Gasteiger partial charge on any atom is -0.396 e. The number of rotatable bonds is 21. The van der Waals surface area contributed by atoms with Crippen molar-refractivity contribution in [2.24, 2.45) is 5.73 Å². The van der Waals surface area contributed by atoms with Crippen LogP contribution in [0.15, 0.2) is 48.5 Å². The number of aliphatic hydroxyl groups is 4. The third-order valence-corrected chi connectivity index (χ3v) is 8.29. The summed E-state index contributed by atoms with van der Waals surface area (Å²) < 4.78 is 0. The van der Waals surface area contributed by atoms with Crippen molar-refractivity contribution in [2.75, 3.05) is 40.3 Å². The highest BCUT2D eigenvalue weighted by Gasteiger charge is 2.26. The molecule has 0 aliphatic rings. The van der Waals surface area contributed by atoms with Crippen molar-refractivity contribution < 1.29 is 25.2 Å². The average molecular weight is 626 g/mol. The largest absolute Gasteiger partial charge is 0.396 e. The summed E-state index contributed by atoms with van der Waals surface area (Å²) in [4.78, 5) is 16.8. The molecule has 4 atom stereocenters. The number of aromatic amines is 1. The molecule has 0 bridgehead atoms. The highest BCUT2D eigenvalue weighted by Crippen LogP contribution is 2.24. The molecule has 1 aromatic heterocycles. The number of tetrazole rings is 1. The smallest absolute Gasteiger partial charge is 0.223 e. The minimum atomic E-state index is -1.33. The predicted molar refractivity (Wildman–Crippen MR) is 173 cm³/mol. The van der Waals surface area contributed by atoms with Gasteiger partial charge in [-0.15, -0.1) is 10.2 Å². The predicted octanol–water partition coefficient (Wildman–Crippen LogP) is 1.85. The van der Waals surface area contributed by atoms with Crippen molar-refractivity contribution in [3.05, 3.63) is 65.5 Å². The summed E-state index contributed by atoms with van der Waals surface area (Å²) in [6, 6.07) is 16.7. The van der Waals surface area contributed by atoms with E-state index in [9.17, 15) is 20.1 Å². The normalized spacial score (nSPS) is 14.3. The van der Waals surface area contributed by atoms with E-state index in [2.05, 4.69) is 69.2 Å². The topological polar surface area (TPSA) is 185 Å². The number of carbonyl (C=O) groups excluding carboxylic acids is 1. The molecule has 7 N–H and O–H groups in total. The molecule has 1 heterocycles. The van der Waals surface area contributed by atoms with Crippen LogP contribution in [0, 0.1) is 0 Å². The maximum Gasteiger partial charge on any atom is 0.223 e. The average Bonchev–Trinajstić information content (AvgIpc) is 3.58. The van der Waals surface area contributed by atoms with Gasteiger partial charge in [0, 0.05) is 26.6 Å². The number of benzene rings is 2. The lowest BCUT2D eigenvalue weighted by Crippen LogP contribution is -2.44. The molecule has 12 heteroatoms. The lowest BCUT2D eigenvalue weighted by molar-refractivity contribution is -0.132. The molecule has 1 amide bonds.